The van der Waals surface area contributed by atoms with Crippen LogP contribution in [0, 0.1) is 6.92 Å². The van der Waals surface area contributed by atoms with Crippen molar-refractivity contribution in [3.05, 3.63) is 33.8 Å². The lowest BCUT2D eigenvalue weighted by atomic mass is 10.1. The van der Waals surface area contributed by atoms with Gasteiger partial charge in [0, 0.05) is 36.7 Å². The highest BCUT2D eigenvalue weighted by Gasteiger charge is 2.18. The number of halogens is 1. The molecule has 3 heteroatoms. The molecule has 0 unspecified atom stereocenters. The van der Waals surface area contributed by atoms with Gasteiger partial charge in [0.15, 0.2) is 0 Å². The van der Waals surface area contributed by atoms with E-state index in [1.54, 1.807) is 0 Å². The van der Waals surface area contributed by atoms with Gasteiger partial charge in [-0.1, -0.05) is 22.0 Å². The molecule has 1 aromatic carbocycles. The first-order valence-electron chi connectivity index (χ1n) is 5.86. The molecule has 0 saturated carbocycles. The summed E-state index contributed by atoms with van der Waals surface area (Å²) in [7, 11) is 0. The van der Waals surface area contributed by atoms with Gasteiger partial charge in [0.25, 0.3) is 0 Å². The van der Waals surface area contributed by atoms with Crippen LogP contribution in [0.1, 0.15) is 18.1 Å². The minimum Gasteiger partial charge on any atom is -0.314 e. The molecular weight excluding hydrogens is 264 g/mol. The number of hydrogen-bond donors (Lipinski definition) is 1. The zero-order valence-corrected chi connectivity index (χ0v) is 11.5. The van der Waals surface area contributed by atoms with Crippen molar-refractivity contribution in [3.8, 4) is 0 Å². The number of rotatable bonds is 2. The normalized spacial score (nSPS) is 22.3. The third-order valence-corrected chi connectivity index (χ3v) is 3.82. The van der Waals surface area contributed by atoms with E-state index in [2.05, 4.69) is 58.2 Å². The smallest absolute Gasteiger partial charge is 0.0240 e. The van der Waals surface area contributed by atoms with Gasteiger partial charge >= 0.3 is 0 Å². The Hall–Kier alpha value is -0.380. The Morgan fingerprint density at radius 1 is 1.50 bits per heavy atom. The van der Waals surface area contributed by atoms with Gasteiger partial charge in [0.05, 0.1) is 0 Å². The Bertz CT molecular complexity index is 365. The van der Waals surface area contributed by atoms with Crippen LogP contribution in [0.25, 0.3) is 0 Å². The van der Waals surface area contributed by atoms with Gasteiger partial charge in [-0.2, -0.15) is 0 Å². The van der Waals surface area contributed by atoms with Gasteiger partial charge in [0.2, 0.25) is 0 Å². The molecule has 0 amide bonds. The van der Waals surface area contributed by atoms with Crippen LogP contribution in [0.15, 0.2) is 22.7 Å². The third-order valence-electron chi connectivity index (χ3n) is 3.32. The summed E-state index contributed by atoms with van der Waals surface area (Å²) in [6.45, 7) is 8.90. The van der Waals surface area contributed by atoms with Gasteiger partial charge in [-0.3, -0.25) is 4.90 Å². The lowest BCUT2D eigenvalue weighted by Crippen LogP contribution is -2.49. The topological polar surface area (TPSA) is 15.3 Å². The molecule has 1 saturated heterocycles. The summed E-state index contributed by atoms with van der Waals surface area (Å²) in [6.07, 6.45) is 0. The lowest BCUT2D eigenvalue weighted by molar-refractivity contribution is 0.165. The predicted octanol–water partition coefficient (Wildman–Crippen LogP) is 2.55. The van der Waals surface area contributed by atoms with Crippen LogP contribution in [0.5, 0.6) is 0 Å². The van der Waals surface area contributed by atoms with Crippen LogP contribution in [-0.2, 0) is 6.54 Å². The van der Waals surface area contributed by atoms with Gasteiger partial charge in [0.1, 0.15) is 0 Å². The zero-order valence-electron chi connectivity index (χ0n) is 9.96. The van der Waals surface area contributed by atoms with E-state index in [9.17, 15) is 0 Å². The molecule has 1 fully saturated rings. The van der Waals surface area contributed by atoms with Gasteiger partial charge in [-0.15, -0.1) is 0 Å². The summed E-state index contributed by atoms with van der Waals surface area (Å²) in [6, 6.07) is 7.17. The summed E-state index contributed by atoms with van der Waals surface area (Å²) >= 11 is 3.55. The molecule has 1 aromatic rings. The molecular formula is C13H19BrN2. The minimum atomic E-state index is 0.632. The highest BCUT2D eigenvalue weighted by Crippen LogP contribution is 2.19. The fraction of sp³-hybridized carbons (Fsp3) is 0.538. The van der Waals surface area contributed by atoms with Crippen molar-refractivity contribution in [2.45, 2.75) is 26.4 Å². The summed E-state index contributed by atoms with van der Waals surface area (Å²) in [5.74, 6) is 0. The Labute approximate surface area is 106 Å². The first-order chi connectivity index (χ1) is 7.66. The van der Waals surface area contributed by atoms with E-state index in [4.69, 9.17) is 0 Å². The highest BCUT2D eigenvalue weighted by molar-refractivity contribution is 9.10. The molecule has 2 nitrogen and oxygen atoms in total. The van der Waals surface area contributed by atoms with Crippen molar-refractivity contribution >= 4 is 15.9 Å². The molecule has 1 N–H and O–H groups in total. The van der Waals surface area contributed by atoms with Crippen LogP contribution in [-0.4, -0.2) is 30.6 Å². The molecule has 88 valence electrons. The second-order valence-electron chi connectivity index (χ2n) is 4.59. The minimum absolute atomic E-state index is 0.632. The van der Waals surface area contributed by atoms with Crippen LogP contribution in [0.4, 0.5) is 0 Å². The van der Waals surface area contributed by atoms with Crippen molar-refractivity contribution in [1.82, 2.24) is 10.2 Å². The monoisotopic (exact) mass is 282 g/mol. The van der Waals surface area contributed by atoms with Crippen LogP contribution >= 0.6 is 15.9 Å². The summed E-state index contributed by atoms with van der Waals surface area (Å²) in [5, 5.41) is 3.43. The third kappa shape index (κ3) is 2.84. The molecule has 0 spiro atoms. The average Bonchev–Trinajstić information content (AvgIpc) is 2.27. The van der Waals surface area contributed by atoms with Gasteiger partial charge < -0.3 is 5.32 Å². The maximum Gasteiger partial charge on any atom is 0.0240 e. The molecule has 1 aliphatic heterocycles. The Kier molecular flexibility index (Phi) is 4.00. The molecule has 1 aliphatic rings. The number of nitrogens with zero attached hydrogens (tertiary/aromatic N) is 1. The van der Waals surface area contributed by atoms with Crippen molar-refractivity contribution in [2.75, 3.05) is 19.6 Å². The van der Waals surface area contributed by atoms with Gasteiger partial charge in [-0.05, 0) is 37.1 Å². The fourth-order valence-electron chi connectivity index (χ4n) is 2.15. The number of piperazine rings is 1. The van der Waals surface area contributed by atoms with Crippen LogP contribution in [0.3, 0.4) is 0 Å². The number of hydrogen-bond acceptors (Lipinski definition) is 2. The standard InChI is InChI=1S/C13H19BrN2/c1-10-3-4-13(14)7-12(10)9-16-6-5-15-8-11(16)2/h3-4,7,11,15H,5-6,8-9H2,1-2H3/t11-/m0/s1. The first kappa shape index (κ1) is 12.1. The Morgan fingerprint density at radius 2 is 2.31 bits per heavy atom. The van der Waals surface area contributed by atoms with Crippen molar-refractivity contribution < 1.29 is 0 Å². The molecule has 0 aromatic heterocycles. The molecule has 1 atom stereocenters. The van der Waals surface area contributed by atoms with E-state index in [0.717, 1.165) is 26.2 Å². The van der Waals surface area contributed by atoms with Crippen molar-refractivity contribution in [3.63, 3.8) is 0 Å². The van der Waals surface area contributed by atoms with E-state index >= 15 is 0 Å². The molecule has 0 aliphatic carbocycles. The van der Waals surface area contributed by atoms with E-state index in [-0.39, 0.29) is 0 Å². The molecule has 1 heterocycles. The number of aryl methyl sites for hydroxylation is 1. The predicted molar refractivity (Wildman–Crippen MR) is 71.6 cm³/mol. The quantitative estimate of drug-likeness (QED) is 0.897. The zero-order chi connectivity index (χ0) is 11.5. The van der Waals surface area contributed by atoms with Crippen molar-refractivity contribution in [1.29, 1.82) is 0 Å². The fourth-order valence-corrected chi connectivity index (χ4v) is 2.56. The molecule has 0 radical (unpaired) electrons. The van der Waals surface area contributed by atoms with E-state index in [1.165, 1.54) is 15.6 Å². The van der Waals surface area contributed by atoms with Crippen LogP contribution < -0.4 is 5.32 Å². The Balaban J connectivity index is 2.10. The lowest BCUT2D eigenvalue weighted by Gasteiger charge is -2.34. The highest BCUT2D eigenvalue weighted by atomic mass is 79.9. The van der Waals surface area contributed by atoms with E-state index < -0.39 is 0 Å². The second-order valence-corrected chi connectivity index (χ2v) is 5.51. The summed E-state index contributed by atoms with van der Waals surface area (Å²) < 4.78 is 1.18. The molecule has 16 heavy (non-hydrogen) atoms. The number of benzene rings is 1. The van der Waals surface area contributed by atoms with Crippen LogP contribution in [0.2, 0.25) is 0 Å². The van der Waals surface area contributed by atoms with Gasteiger partial charge in [-0.25, -0.2) is 0 Å². The summed E-state index contributed by atoms with van der Waals surface area (Å²) in [5.41, 5.74) is 2.82. The van der Waals surface area contributed by atoms with E-state index in [0.29, 0.717) is 6.04 Å². The number of nitrogens with one attached hydrogen (secondary N) is 1. The summed E-state index contributed by atoms with van der Waals surface area (Å²) in [4.78, 5) is 2.55. The van der Waals surface area contributed by atoms with E-state index in [1.807, 2.05) is 0 Å². The first-order valence-corrected chi connectivity index (χ1v) is 6.66. The maximum absolute atomic E-state index is 3.55. The van der Waals surface area contributed by atoms with Crippen molar-refractivity contribution in [2.24, 2.45) is 0 Å². The molecule has 2 rings (SSSR count). The Morgan fingerprint density at radius 3 is 3.06 bits per heavy atom. The average molecular weight is 283 g/mol. The SMILES string of the molecule is Cc1ccc(Br)cc1CN1CCNC[C@@H]1C. The maximum atomic E-state index is 3.55. The molecule has 0 bridgehead atoms. The second kappa shape index (κ2) is 5.30. The largest absolute Gasteiger partial charge is 0.314 e.